The smallest absolute Gasteiger partial charge is 0.253 e. The number of hydrogen-bond acceptors (Lipinski definition) is 3. The normalized spacial score (nSPS) is 14.5. The van der Waals surface area contributed by atoms with Gasteiger partial charge in [-0.2, -0.15) is 0 Å². The van der Waals surface area contributed by atoms with Gasteiger partial charge in [0.25, 0.3) is 5.91 Å². The van der Waals surface area contributed by atoms with E-state index in [9.17, 15) is 9.59 Å². The molecule has 1 fully saturated rings. The maximum absolute atomic E-state index is 12.6. The molecule has 4 nitrogen and oxygen atoms in total. The lowest BCUT2D eigenvalue weighted by Gasteiger charge is -2.26. The number of Topliss-reactive ketones (excluding diaryl/α,β-unsaturated/α-hetero) is 1. The second-order valence-corrected chi connectivity index (χ2v) is 7.95. The van der Waals surface area contributed by atoms with Crippen LogP contribution in [0.1, 0.15) is 56.9 Å². The van der Waals surface area contributed by atoms with Crippen LogP contribution in [0, 0.1) is 13.8 Å². The summed E-state index contributed by atoms with van der Waals surface area (Å²) < 4.78 is 0. The van der Waals surface area contributed by atoms with Gasteiger partial charge in [-0.25, -0.2) is 0 Å². The third-order valence-corrected chi connectivity index (χ3v) is 5.77. The number of hydrogen-bond donors (Lipinski definition) is 1. The van der Waals surface area contributed by atoms with E-state index in [1.807, 2.05) is 49.1 Å². The number of carbonyl (C=O) groups is 2. The Labute approximate surface area is 159 Å². The zero-order valence-electron chi connectivity index (χ0n) is 15.5. The highest BCUT2D eigenvalue weighted by atomic mass is 32.2. The van der Waals surface area contributed by atoms with Crippen LogP contribution in [-0.4, -0.2) is 40.4 Å². The van der Waals surface area contributed by atoms with Crippen molar-refractivity contribution in [3.8, 4) is 0 Å². The SMILES string of the molecule is Cc1cc(C(=O)CSCc2cccc(C(=O)N3CCCCC3)c2)c(C)[nH]1. The molecule has 0 saturated carbocycles. The number of amides is 1. The van der Waals surface area contributed by atoms with Crippen molar-refractivity contribution >= 4 is 23.5 Å². The van der Waals surface area contributed by atoms with E-state index in [4.69, 9.17) is 0 Å². The van der Waals surface area contributed by atoms with Crippen molar-refractivity contribution in [2.45, 2.75) is 38.9 Å². The predicted octanol–water partition coefficient (Wildman–Crippen LogP) is 4.37. The van der Waals surface area contributed by atoms with E-state index < -0.39 is 0 Å². The summed E-state index contributed by atoms with van der Waals surface area (Å²) in [4.78, 5) is 30.1. The van der Waals surface area contributed by atoms with Gasteiger partial charge < -0.3 is 9.88 Å². The minimum absolute atomic E-state index is 0.131. The number of likely N-dealkylation sites (tertiary alicyclic amines) is 1. The maximum atomic E-state index is 12.6. The molecule has 1 aliphatic heterocycles. The molecule has 0 bridgehead atoms. The van der Waals surface area contributed by atoms with Crippen molar-refractivity contribution in [2.24, 2.45) is 0 Å². The molecular formula is C21H26N2O2S. The third kappa shape index (κ3) is 4.58. The monoisotopic (exact) mass is 370 g/mol. The van der Waals surface area contributed by atoms with Gasteiger partial charge in [-0.3, -0.25) is 9.59 Å². The molecule has 1 aromatic carbocycles. The highest BCUT2D eigenvalue weighted by Crippen LogP contribution is 2.19. The third-order valence-electron chi connectivity index (χ3n) is 4.77. The summed E-state index contributed by atoms with van der Waals surface area (Å²) in [6.45, 7) is 5.62. The number of aryl methyl sites for hydroxylation is 2. The molecule has 26 heavy (non-hydrogen) atoms. The fraction of sp³-hybridized carbons (Fsp3) is 0.429. The quantitative estimate of drug-likeness (QED) is 0.768. The van der Waals surface area contributed by atoms with Crippen LogP contribution in [0.4, 0.5) is 0 Å². The summed E-state index contributed by atoms with van der Waals surface area (Å²) >= 11 is 1.59. The van der Waals surface area contributed by atoms with Gasteiger partial charge in [0, 0.05) is 41.4 Å². The van der Waals surface area contributed by atoms with Crippen LogP contribution in [0.25, 0.3) is 0 Å². The van der Waals surface area contributed by atoms with Crippen molar-refractivity contribution in [3.05, 3.63) is 58.4 Å². The summed E-state index contributed by atoms with van der Waals surface area (Å²) in [5.41, 5.74) is 4.58. The van der Waals surface area contributed by atoms with Gasteiger partial charge in [-0.1, -0.05) is 12.1 Å². The van der Waals surface area contributed by atoms with E-state index in [-0.39, 0.29) is 11.7 Å². The van der Waals surface area contributed by atoms with Gasteiger partial charge in [-0.05, 0) is 56.9 Å². The van der Waals surface area contributed by atoms with Crippen LogP contribution in [0.2, 0.25) is 0 Å². The Morgan fingerprint density at radius 2 is 1.88 bits per heavy atom. The van der Waals surface area contributed by atoms with E-state index in [0.29, 0.717) is 5.75 Å². The van der Waals surface area contributed by atoms with Gasteiger partial charge in [0.1, 0.15) is 0 Å². The Balaban J connectivity index is 1.56. The van der Waals surface area contributed by atoms with Crippen LogP contribution >= 0.6 is 11.8 Å². The summed E-state index contributed by atoms with van der Waals surface area (Å²) in [5, 5.41) is 0. The molecule has 2 heterocycles. The molecule has 0 unspecified atom stereocenters. The number of aromatic amines is 1. The van der Waals surface area contributed by atoms with Crippen LogP contribution in [0.5, 0.6) is 0 Å². The van der Waals surface area contributed by atoms with Crippen LogP contribution in [0.3, 0.4) is 0 Å². The first-order valence-electron chi connectivity index (χ1n) is 9.20. The Morgan fingerprint density at radius 1 is 1.12 bits per heavy atom. The topological polar surface area (TPSA) is 53.2 Å². The number of nitrogens with zero attached hydrogens (tertiary/aromatic N) is 1. The molecule has 1 aromatic heterocycles. The number of piperidine rings is 1. The Morgan fingerprint density at radius 3 is 2.58 bits per heavy atom. The van der Waals surface area contributed by atoms with Crippen molar-refractivity contribution in [2.75, 3.05) is 18.8 Å². The fourth-order valence-corrected chi connectivity index (χ4v) is 4.28. The number of carbonyl (C=O) groups excluding carboxylic acids is 2. The lowest BCUT2D eigenvalue weighted by molar-refractivity contribution is 0.0724. The van der Waals surface area contributed by atoms with Crippen molar-refractivity contribution in [1.82, 2.24) is 9.88 Å². The lowest BCUT2D eigenvalue weighted by Crippen LogP contribution is -2.35. The zero-order chi connectivity index (χ0) is 18.5. The number of thioether (sulfide) groups is 1. The Hall–Kier alpha value is -2.01. The average Bonchev–Trinajstić information content (AvgIpc) is 3.00. The highest BCUT2D eigenvalue weighted by Gasteiger charge is 2.18. The first-order valence-corrected chi connectivity index (χ1v) is 10.4. The minimum Gasteiger partial charge on any atom is -0.362 e. The molecule has 0 radical (unpaired) electrons. The molecule has 2 aromatic rings. The van der Waals surface area contributed by atoms with E-state index in [0.717, 1.165) is 59.8 Å². The van der Waals surface area contributed by atoms with Gasteiger partial charge in [-0.15, -0.1) is 11.8 Å². The van der Waals surface area contributed by atoms with Gasteiger partial charge >= 0.3 is 0 Å². The number of ketones is 1. The van der Waals surface area contributed by atoms with Crippen molar-refractivity contribution in [1.29, 1.82) is 0 Å². The molecule has 1 N–H and O–H groups in total. The van der Waals surface area contributed by atoms with Gasteiger partial charge in [0.05, 0.1) is 5.75 Å². The molecule has 138 valence electrons. The Bertz CT molecular complexity index is 791. The largest absolute Gasteiger partial charge is 0.362 e. The van der Waals surface area contributed by atoms with E-state index in [1.165, 1.54) is 6.42 Å². The van der Waals surface area contributed by atoms with Gasteiger partial charge in [0.15, 0.2) is 5.78 Å². The second kappa shape index (κ2) is 8.58. The van der Waals surface area contributed by atoms with E-state index in [1.54, 1.807) is 11.8 Å². The fourth-order valence-electron chi connectivity index (χ4n) is 3.43. The first kappa shape index (κ1) is 18.8. The first-order chi connectivity index (χ1) is 12.5. The molecule has 3 rings (SSSR count). The second-order valence-electron chi connectivity index (χ2n) is 6.96. The van der Waals surface area contributed by atoms with E-state index >= 15 is 0 Å². The summed E-state index contributed by atoms with van der Waals surface area (Å²) in [6.07, 6.45) is 3.41. The summed E-state index contributed by atoms with van der Waals surface area (Å²) in [6, 6.07) is 9.74. The highest BCUT2D eigenvalue weighted by molar-refractivity contribution is 7.99. The Kier molecular flexibility index (Phi) is 6.20. The van der Waals surface area contributed by atoms with Crippen molar-refractivity contribution < 1.29 is 9.59 Å². The number of benzene rings is 1. The van der Waals surface area contributed by atoms with Crippen LogP contribution in [-0.2, 0) is 5.75 Å². The minimum atomic E-state index is 0.131. The maximum Gasteiger partial charge on any atom is 0.253 e. The lowest BCUT2D eigenvalue weighted by atomic mass is 10.1. The molecule has 0 atom stereocenters. The number of nitrogens with one attached hydrogen (secondary N) is 1. The molecule has 0 aliphatic carbocycles. The number of H-pyrrole nitrogens is 1. The summed E-state index contributed by atoms with van der Waals surface area (Å²) in [5.74, 6) is 1.46. The predicted molar refractivity (Wildman–Crippen MR) is 107 cm³/mol. The number of aromatic nitrogens is 1. The zero-order valence-corrected chi connectivity index (χ0v) is 16.3. The van der Waals surface area contributed by atoms with Gasteiger partial charge in [0.2, 0.25) is 0 Å². The molecule has 0 spiro atoms. The van der Waals surface area contributed by atoms with Crippen LogP contribution in [0.15, 0.2) is 30.3 Å². The molecular weight excluding hydrogens is 344 g/mol. The summed E-state index contributed by atoms with van der Waals surface area (Å²) in [7, 11) is 0. The number of rotatable bonds is 6. The molecule has 1 amide bonds. The van der Waals surface area contributed by atoms with Crippen molar-refractivity contribution in [3.63, 3.8) is 0 Å². The molecule has 1 saturated heterocycles. The van der Waals surface area contributed by atoms with E-state index in [2.05, 4.69) is 4.98 Å². The average molecular weight is 371 g/mol. The standard InChI is InChI=1S/C21H26N2O2S/c1-15-11-19(16(2)22-15)20(24)14-26-13-17-7-6-8-18(12-17)21(25)23-9-4-3-5-10-23/h6-8,11-12,22H,3-5,9-10,13-14H2,1-2H3. The molecule has 5 heteroatoms. The molecule has 1 aliphatic rings. The van der Waals surface area contributed by atoms with Crippen LogP contribution < -0.4 is 0 Å².